The van der Waals surface area contributed by atoms with Gasteiger partial charge >= 0.3 is 0 Å². The molecule has 120 valence electrons. The first kappa shape index (κ1) is 16.5. The van der Waals surface area contributed by atoms with E-state index in [1.165, 1.54) is 4.31 Å². The highest BCUT2D eigenvalue weighted by molar-refractivity contribution is 7.89. The molecule has 0 bridgehead atoms. The van der Waals surface area contributed by atoms with E-state index >= 15 is 0 Å². The molecule has 21 heavy (non-hydrogen) atoms. The van der Waals surface area contributed by atoms with E-state index in [1.54, 1.807) is 12.3 Å². The van der Waals surface area contributed by atoms with Crippen LogP contribution in [0.4, 0.5) is 0 Å². The summed E-state index contributed by atoms with van der Waals surface area (Å²) in [5.41, 5.74) is 0.999. The quantitative estimate of drug-likeness (QED) is 0.851. The third kappa shape index (κ3) is 3.66. The van der Waals surface area contributed by atoms with Crippen molar-refractivity contribution in [2.24, 2.45) is 0 Å². The van der Waals surface area contributed by atoms with Gasteiger partial charge in [0, 0.05) is 38.1 Å². The van der Waals surface area contributed by atoms with Crippen LogP contribution >= 0.6 is 0 Å². The van der Waals surface area contributed by atoms with Crippen molar-refractivity contribution < 1.29 is 13.2 Å². The second-order valence-electron chi connectivity index (χ2n) is 5.44. The fourth-order valence-electron chi connectivity index (χ4n) is 2.60. The van der Waals surface area contributed by atoms with E-state index in [-0.39, 0.29) is 6.10 Å². The van der Waals surface area contributed by atoms with Crippen LogP contribution in [0.15, 0.2) is 17.2 Å². The van der Waals surface area contributed by atoms with Crippen LogP contribution in [0.25, 0.3) is 0 Å². The Morgan fingerprint density at radius 3 is 2.86 bits per heavy atom. The number of aryl methyl sites for hydroxylation is 1. The summed E-state index contributed by atoms with van der Waals surface area (Å²) in [5, 5.41) is 3.08. The first-order valence-corrected chi connectivity index (χ1v) is 8.88. The smallest absolute Gasteiger partial charge is 0.244 e. The number of ether oxygens (including phenoxy) is 1. The third-order valence-electron chi connectivity index (χ3n) is 3.62. The Bertz CT molecular complexity index is 545. The van der Waals surface area contributed by atoms with E-state index in [4.69, 9.17) is 4.74 Å². The van der Waals surface area contributed by atoms with Crippen LogP contribution in [-0.2, 0) is 27.8 Å². The first-order valence-electron chi connectivity index (χ1n) is 7.44. The topological polar surface area (TPSA) is 63.6 Å². The highest BCUT2D eigenvalue weighted by atomic mass is 32.2. The minimum Gasteiger partial charge on any atom is -0.376 e. The van der Waals surface area contributed by atoms with Crippen molar-refractivity contribution in [3.63, 3.8) is 0 Å². The van der Waals surface area contributed by atoms with Crippen LogP contribution in [-0.4, -0.2) is 50.1 Å². The molecule has 0 amide bonds. The maximum atomic E-state index is 12.7. The molecule has 1 N–H and O–H groups in total. The van der Waals surface area contributed by atoms with Gasteiger partial charge < -0.3 is 14.6 Å². The number of nitrogens with one attached hydrogen (secondary N) is 1. The lowest BCUT2D eigenvalue weighted by Crippen LogP contribution is -2.44. The number of aromatic nitrogens is 1. The molecule has 0 radical (unpaired) electrons. The zero-order chi connectivity index (χ0) is 15.5. The number of hydrogen-bond acceptors (Lipinski definition) is 4. The summed E-state index contributed by atoms with van der Waals surface area (Å²) in [6, 6.07) is 1.78. The third-order valence-corrected chi connectivity index (χ3v) is 5.46. The minimum absolute atomic E-state index is 0.0527. The van der Waals surface area contributed by atoms with Crippen LogP contribution in [0.3, 0.4) is 0 Å². The van der Waals surface area contributed by atoms with Gasteiger partial charge in [-0.3, -0.25) is 0 Å². The molecule has 1 atom stereocenters. The van der Waals surface area contributed by atoms with Crippen LogP contribution in [0.5, 0.6) is 0 Å². The number of morpholine rings is 1. The summed E-state index contributed by atoms with van der Waals surface area (Å²) in [6.07, 6.45) is 2.67. The fraction of sp³-hybridized carbons (Fsp3) is 0.714. The summed E-state index contributed by atoms with van der Waals surface area (Å²) in [7, 11) is -1.57. The molecule has 1 saturated heterocycles. The monoisotopic (exact) mass is 315 g/mol. The van der Waals surface area contributed by atoms with E-state index in [1.807, 2.05) is 18.5 Å². The molecule has 1 aromatic heterocycles. The predicted molar refractivity (Wildman–Crippen MR) is 81.7 cm³/mol. The van der Waals surface area contributed by atoms with Crippen molar-refractivity contribution in [2.75, 3.05) is 26.7 Å². The normalized spacial score (nSPS) is 20.8. The van der Waals surface area contributed by atoms with Crippen molar-refractivity contribution in [3.8, 4) is 0 Å². The Morgan fingerprint density at radius 1 is 1.48 bits per heavy atom. The highest BCUT2D eigenvalue weighted by Crippen LogP contribution is 2.21. The SMILES string of the molecule is CCCn1cc(S(=O)(=O)N2CCOC(C)C2)cc1CNC. The van der Waals surface area contributed by atoms with Crippen molar-refractivity contribution in [2.45, 2.75) is 44.4 Å². The molecule has 2 rings (SSSR count). The molecule has 1 aromatic rings. The van der Waals surface area contributed by atoms with Gasteiger partial charge in [-0.25, -0.2) is 8.42 Å². The predicted octanol–water partition coefficient (Wildman–Crippen LogP) is 1.03. The van der Waals surface area contributed by atoms with Crippen molar-refractivity contribution in [1.29, 1.82) is 0 Å². The largest absolute Gasteiger partial charge is 0.376 e. The Kier molecular flexibility index (Phi) is 5.43. The van der Waals surface area contributed by atoms with E-state index < -0.39 is 10.0 Å². The molecular formula is C14H25N3O3S. The van der Waals surface area contributed by atoms with E-state index in [0.717, 1.165) is 18.7 Å². The van der Waals surface area contributed by atoms with Gasteiger partial charge in [0.1, 0.15) is 4.90 Å². The molecule has 0 aromatic carbocycles. The van der Waals surface area contributed by atoms with Crippen LogP contribution in [0.2, 0.25) is 0 Å². The van der Waals surface area contributed by atoms with E-state index in [2.05, 4.69) is 12.2 Å². The maximum absolute atomic E-state index is 12.7. The molecule has 1 unspecified atom stereocenters. The summed E-state index contributed by atoms with van der Waals surface area (Å²) in [6.45, 7) is 6.77. The maximum Gasteiger partial charge on any atom is 0.244 e. The van der Waals surface area contributed by atoms with Crippen LogP contribution in [0.1, 0.15) is 26.0 Å². The Labute approximate surface area is 127 Å². The van der Waals surface area contributed by atoms with Crippen molar-refractivity contribution in [1.82, 2.24) is 14.2 Å². The van der Waals surface area contributed by atoms with E-state index in [0.29, 0.717) is 31.1 Å². The van der Waals surface area contributed by atoms with E-state index in [9.17, 15) is 8.42 Å². The second kappa shape index (κ2) is 6.91. The lowest BCUT2D eigenvalue weighted by molar-refractivity contribution is 0.0102. The summed E-state index contributed by atoms with van der Waals surface area (Å²) >= 11 is 0. The lowest BCUT2D eigenvalue weighted by Gasteiger charge is -2.29. The second-order valence-corrected chi connectivity index (χ2v) is 7.37. The Hall–Kier alpha value is -0.890. The van der Waals surface area contributed by atoms with Gasteiger partial charge in [0.2, 0.25) is 10.0 Å². The highest BCUT2D eigenvalue weighted by Gasteiger charge is 2.30. The first-order chi connectivity index (χ1) is 9.98. The van der Waals surface area contributed by atoms with Gasteiger partial charge in [-0.2, -0.15) is 4.31 Å². The molecule has 0 saturated carbocycles. The van der Waals surface area contributed by atoms with Crippen molar-refractivity contribution >= 4 is 10.0 Å². The van der Waals surface area contributed by atoms with Gasteiger partial charge in [0.15, 0.2) is 0 Å². The van der Waals surface area contributed by atoms with Crippen molar-refractivity contribution in [3.05, 3.63) is 18.0 Å². The lowest BCUT2D eigenvalue weighted by atomic mass is 10.3. The number of rotatable bonds is 6. The standard InChI is InChI=1S/C14H25N3O3S/c1-4-5-16-11-14(8-13(16)9-15-3)21(18,19)17-6-7-20-12(2)10-17/h8,11-12,15H,4-7,9-10H2,1-3H3. The molecule has 1 aliphatic rings. The molecule has 7 heteroatoms. The molecular weight excluding hydrogens is 290 g/mol. The zero-order valence-corrected chi connectivity index (χ0v) is 13.8. The average molecular weight is 315 g/mol. The molecule has 6 nitrogen and oxygen atoms in total. The molecule has 2 heterocycles. The fourth-order valence-corrected chi connectivity index (χ4v) is 4.16. The molecule has 1 aliphatic heterocycles. The molecule has 0 spiro atoms. The molecule has 1 fully saturated rings. The Balaban J connectivity index is 2.28. The van der Waals surface area contributed by atoms with Gasteiger partial charge in [-0.1, -0.05) is 6.92 Å². The van der Waals surface area contributed by atoms with Crippen LogP contribution < -0.4 is 5.32 Å². The summed E-state index contributed by atoms with van der Waals surface area (Å²) < 4.78 is 34.5. The van der Waals surface area contributed by atoms with Gasteiger partial charge in [0.05, 0.1) is 12.7 Å². The number of nitrogens with zero attached hydrogens (tertiary/aromatic N) is 2. The zero-order valence-electron chi connectivity index (χ0n) is 13.0. The minimum atomic E-state index is -3.43. The average Bonchev–Trinajstić information content (AvgIpc) is 2.84. The summed E-state index contributed by atoms with van der Waals surface area (Å²) in [5.74, 6) is 0. The van der Waals surface area contributed by atoms with Gasteiger partial charge in [-0.05, 0) is 26.5 Å². The number of sulfonamides is 1. The van der Waals surface area contributed by atoms with Gasteiger partial charge in [-0.15, -0.1) is 0 Å². The summed E-state index contributed by atoms with van der Waals surface area (Å²) in [4.78, 5) is 0.385. The van der Waals surface area contributed by atoms with Gasteiger partial charge in [0.25, 0.3) is 0 Å². The number of hydrogen-bond donors (Lipinski definition) is 1. The van der Waals surface area contributed by atoms with Crippen LogP contribution in [0, 0.1) is 0 Å². The Morgan fingerprint density at radius 2 is 2.24 bits per heavy atom. The molecule has 0 aliphatic carbocycles.